The number of hydrogen-bond acceptors (Lipinski definition) is 2. The molecule has 0 spiro atoms. The van der Waals surface area contributed by atoms with E-state index in [9.17, 15) is 0 Å². The predicted molar refractivity (Wildman–Crippen MR) is 39.1 cm³/mol. The molecule has 0 aliphatic rings. The molecule has 0 atom stereocenters. The summed E-state index contributed by atoms with van der Waals surface area (Å²) in [5, 5.41) is 3.00. The molecule has 1 N–H and O–H groups in total. The number of hydrogen-bond donors (Lipinski definition) is 1. The highest BCUT2D eigenvalue weighted by Gasteiger charge is 1.91. The highest BCUT2D eigenvalue weighted by molar-refractivity contribution is 4.99. The van der Waals surface area contributed by atoms with E-state index in [0.29, 0.717) is 0 Å². The monoisotopic (exact) mass is 129 g/mol. The topological polar surface area (TPSA) is 21.3 Å². The van der Waals surface area contributed by atoms with Crippen molar-refractivity contribution in [2.45, 2.75) is 20.8 Å². The molecule has 0 aromatic rings. The van der Waals surface area contributed by atoms with Gasteiger partial charge in [-0.05, 0) is 20.8 Å². The second-order valence-electron chi connectivity index (χ2n) is 1.86. The second kappa shape index (κ2) is 4.24. The van der Waals surface area contributed by atoms with Crippen LogP contribution in [0.25, 0.3) is 0 Å². The molecule has 0 amide bonds. The Morgan fingerprint density at radius 2 is 2.00 bits per heavy atom. The van der Waals surface area contributed by atoms with E-state index in [1.54, 1.807) is 0 Å². The van der Waals surface area contributed by atoms with E-state index in [0.717, 1.165) is 18.1 Å². The van der Waals surface area contributed by atoms with Crippen LogP contribution < -0.4 is 5.32 Å². The van der Waals surface area contributed by atoms with Crippen LogP contribution in [0.15, 0.2) is 11.5 Å². The van der Waals surface area contributed by atoms with E-state index in [-0.39, 0.29) is 0 Å². The van der Waals surface area contributed by atoms with E-state index in [2.05, 4.69) is 5.32 Å². The summed E-state index contributed by atoms with van der Waals surface area (Å²) < 4.78 is 5.21. The summed E-state index contributed by atoms with van der Waals surface area (Å²) in [4.78, 5) is 0. The first-order valence-electron chi connectivity index (χ1n) is 3.20. The second-order valence-corrected chi connectivity index (χ2v) is 1.86. The third-order valence-electron chi connectivity index (χ3n) is 1.26. The van der Waals surface area contributed by atoms with Crippen molar-refractivity contribution in [3.05, 3.63) is 11.5 Å². The fourth-order valence-corrected chi connectivity index (χ4v) is 0.501. The van der Waals surface area contributed by atoms with Crippen LogP contribution in [0, 0.1) is 0 Å². The maximum absolute atomic E-state index is 5.21. The highest BCUT2D eigenvalue weighted by Crippen LogP contribution is 1.99. The van der Waals surface area contributed by atoms with Gasteiger partial charge in [0.15, 0.2) is 0 Å². The fraction of sp³-hybridized carbons (Fsp3) is 0.714. The van der Waals surface area contributed by atoms with Crippen LogP contribution in [0.5, 0.6) is 0 Å². The van der Waals surface area contributed by atoms with Gasteiger partial charge in [-0.25, -0.2) is 0 Å². The van der Waals surface area contributed by atoms with Gasteiger partial charge in [0.1, 0.15) is 5.76 Å². The predicted octanol–water partition coefficient (Wildman–Crippen LogP) is 1.49. The molecule has 0 aromatic heterocycles. The zero-order chi connectivity index (χ0) is 7.28. The third kappa shape index (κ3) is 3.01. The third-order valence-corrected chi connectivity index (χ3v) is 1.26. The van der Waals surface area contributed by atoms with Gasteiger partial charge in [-0.2, -0.15) is 0 Å². The van der Waals surface area contributed by atoms with Crippen LogP contribution in [-0.2, 0) is 4.74 Å². The molecule has 9 heavy (non-hydrogen) atoms. The summed E-state index contributed by atoms with van der Waals surface area (Å²) in [5.74, 6) is 0.972. The fourth-order valence-electron chi connectivity index (χ4n) is 0.501. The van der Waals surface area contributed by atoms with E-state index in [1.807, 2.05) is 27.8 Å². The van der Waals surface area contributed by atoms with Gasteiger partial charge in [0.25, 0.3) is 0 Å². The molecule has 0 bridgehead atoms. The van der Waals surface area contributed by atoms with Crippen molar-refractivity contribution < 1.29 is 4.74 Å². The van der Waals surface area contributed by atoms with Gasteiger partial charge in [0.2, 0.25) is 0 Å². The van der Waals surface area contributed by atoms with Gasteiger partial charge in [-0.3, -0.25) is 0 Å². The summed E-state index contributed by atoms with van der Waals surface area (Å²) in [5.41, 5.74) is 1.09. The Morgan fingerprint density at radius 1 is 1.44 bits per heavy atom. The van der Waals surface area contributed by atoms with Crippen molar-refractivity contribution in [1.29, 1.82) is 0 Å². The first-order valence-corrected chi connectivity index (χ1v) is 3.20. The number of ether oxygens (including phenoxy) is 1. The van der Waals surface area contributed by atoms with Crippen molar-refractivity contribution in [2.75, 3.05) is 13.7 Å². The smallest absolute Gasteiger partial charge is 0.111 e. The molecule has 0 rings (SSSR count). The Morgan fingerprint density at radius 3 is 2.33 bits per heavy atom. The van der Waals surface area contributed by atoms with E-state index in [4.69, 9.17) is 4.74 Å². The summed E-state index contributed by atoms with van der Waals surface area (Å²) >= 11 is 0. The zero-order valence-electron chi connectivity index (χ0n) is 6.62. The van der Waals surface area contributed by atoms with Crippen molar-refractivity contribution in [1.82, 2.24) is 5.32 Å². The Bertz CT molecular complexity index is 107. The van der Waals surface area contributed by atoms with Crippen LogP contribution in [0.2, 0.25) is 0 Å². The molecule has 0 radical (unpaired) electrons. The summed E-state index contributed by atoms with van der Waals surface area (Å²) in [6, 6.07) is 0. The Hall–Kier alpha value is -0.660. The SMILES string of the molecule is CCO/C(C)=C(/C)NC. The minimum atomic E-state index is 0.741. The lowest BCUT2D eigenvalue weighted by atomic mass is 10.4. The highest BCUT2D eigenvalue weighted by atomic mass is 16.5. The molecule has 54 valence electrons. The maximum atomic E-state index is 5.21. The van der Waals surface area contributed by atoms with Gasteiger partial charge >= 0.3 is 0 Å². The minimum absolute atomic E-state index is 0.741. The lowest BCUT2D eigenvalue weighted by molar-refractivity contribution is 0.226. The Kier molecular flexibility index (Phi) is 3.93. The first-order chi connectivity index (χ1) is 4.22. The average Bonchev–Trinajstić information content (AvgIpc) is 1.87. The zero-order valence-corrected chi connectivity index (χ0v) is 6.62. The van der Waals surface area contributed by atoms with E-state index in [1.165, 1.54) is 0 Å². The average molecular weight is 129 g/mol. The van der Waals surface area contributed by atoms with Gasteiger partial charge in [-0.1, -0.05) is 0 Å². The standard InChI is InChI=1S/C7H15NO/c1-5-9-7(3)6(2)8-4/h8H,5H2,1-4H3/b7-6-. The largest absolute Gasteiger partial charge is 0.497 e. The van der Waals surface area contributed by atoms with Crippen LogP contribution in [0.3, 0.4) is 0 Å². The van der Waals surface area contributed by atoms with Gasteiger partial charge in [0.05, 0.1) is 6.61 Å². The number of rotatable bonds is 3. The molecule has 0 unspecified atom stereocenters. The summed E-state index contributed by atoms with van der Waals surface area (Å²) in [6.45, 7) is 6.66. The van der Waals surface area contributed by atoms with E-state index < -0.39 is 0 Å². The quantitative estimate of drug-likeness (QED) is 0.583. The normalized spacial score (nSPS) is 12.4. The molecule has 2 heteroatoms. The molecule has 0 fully saturated rings. The first kappa shape index (κ1) is 8.34. The molecule has 0 aromatic carbocycles. The molecule has 0 heterocycles. The van der Waals surface area contributed by atoms with Crippen molar-refractivity contribution in [3.8, 4) is 0 Å². The minimum Gasteiger partial charge on any atom is -0.497 e. The van der Waals surface area contributed by atoms with Crippen molar-refractivity contribution in [2.24, 2.45) is 0 Å². The molecule has 0 saturated heterocycles. The summed E-state index contributed by atoms with van der Waals surface area (Å²) in [7, 11) is 1.89. The van der Waals surface area contributed by atoms with Gasteiger partial charge in [0, 0.05) is 12.7 Å². The van der Waals surface area contributed by atoms with Crippen LogP contribution in [-0.4, -0.2) is 13.7 Å². The lowest BCUT2D eigenvalue weighted by Crippen LogP contribution is -2.05. The molecule has 0 aliphatic carbocycles. The Labute approximate surface area is 56.9 Å². The van der Waals surface area contributed by atoms with Crippen molar-refractivity contribution in [3.63, 3.8) is 0 Å². The van der Waals surface area contributed by atoms with Crippen LogP contribution >= 0.6 is 0 Å². The van der Waals surface area contributed by atoms with Crippen LogP contribution in [0.1, 0.15) is 20.8 Å². The lowest BCUT2D eigenvalue weighted by Gasteiger charge is -2.06. The molecule has 0 aliphatic heterocycles. The van der Waals surface area contributed by atoms with Crippen molar-refractivity contribution >= 4 is 0 Å². The molecular weight excluding hydrogens is 114 g/mol. The number of nitrogens with one attached hydrogen (secondary N) is 1. The summed E-state index contributed by atoms with van der Waals surface area (Å²) in [6.07, 6.45) is 0. The van der Waals surface area contributed by atoms with Gasteiger partial charge < -0.3 is 10.1 Å². The van der Waals surface area contributed by atoms with Gasteiger partial charge in [-0.15, -0.1) is 0 Å². The van der Waals surface area contributed by atoms with Crippen LogP contribution in [0.4, 0.5) is 0 Å². The van der Waals surface area contributed by atoms with E-state index >= 15 is 0 Å². The Balaban J connectivity index is 3.78. The molecule has 2 nitrogen and oxygen atoms in total. The maximum Gasteiger partial charge on any atom is 0.111 e. The number of allylic oxidation sites excluding steroid dienone is 2. The molecule has 0 saturated carbocycles. The molecular formula is C7H15NO.